The Labute approximate surface area is 150 Å². The molecular weight excluding hydrogens is 345 g/mol. The van der Waals surface area contributed by atoms with Gasteiger partial charge in [0, 0.05) is 12.6 Å². The highest BCUT2D eigenvalue weighted by Crippen LogP contribution is 2.14. The van der Waals surface area contributed by atoms with Crippen LogP contribution in [0.25, 0.3) is 0 Å². The number of amides is 3. The number of carbonyl (C=O) groups is 4. The minimum absolute atomic E-state index is 0.0524. The Kier molecular flexibility index (Phi) is 7.70. The van der Waals surface area contributed by atoms with E-state index in [-0.39, 0.29) is 29.5 Å². The monoisotopic (exact) mass is 367 g/mol. The number of carboxylic acid groups (broad SMARTS) is 1. The van der Waals surface area contributed by atoms with E-state index >= 15 is 0 Å². The van der Waals surface area contributed by atoms with Crippen molar-refractivity contribution in [3.8, 4) is 0 Å². The fourth-order valence-electron chi connectivity index (χ4n) is 2.17. The van der Waals surface area contributed by atoms with Crippen molar-refractivity contribution in [2.45, 2.75) is 33.2 Å². The minimum Gasteiger partial charge on any atom is -0.480 e. The molecule has 1 aromatic carbocycles. The minimum atomic E-state index is -1.17. The van der Waals surface area contributed by atoms with Crippen molar-refractivity contribution in [3.63, 3.8) is 0 Å². The molecule has 1 atom stereocenters. The molecule has 9 heteroatoms. The first-order valence-electron chi connectivity index (χ1n) is 7.97. The molecule has 0 radical (unpaired) electrons. The molecule has 0 bridgehead atoms. The number of hydrogen-bond acceptors (Lipinski definition) is 4. The van der Waals surface area contributed by atoms with Gasteiger partial charge in [-0.3, -0.25) is 14.4 Å². The molecule has 0 aliphatic carbocycles. The highest BCUT2D eigenvalue weighted by atomic mass is 19.1. The van der Waals surface area contributed by atoms with Crippen LogP contribution in [-0.2, 0) is 14.4 Å². The van der Waals surface area contributed by atoms with Gasteiger partial charge in [0.05, 0.1) is 12.1 Å². The molecule has 0 aliphatic heterocycles. The van der Waals surface area contributed by atoms with Crippen molar-refractivity contribution in [1.82, 2.24) is 10.6 Å². The highest BCUT2D eigenvalue weighted by Gasteiger charge is 2.21. The maximum atomic E-state index is 13.8. The molecule has 0 spiro atoms. The zero-order valence-electron chi connectivity index (χ0n) is 14.8. The van der Waals surface area contributed by atoms with Gasteiger partial charge in [0.1, 0.15) is 11.9 Å². The number of hydrogen-bond donors (Lipinski definition) is 4. The summed E-state index contributed by atoms with van der Waals surface area (Å²) in [6, 6.07) is 2.38. The molecule has 0 saturated carbocycles. The molecule has 0 aromatic heterocycles. The van der Waals surface area contributed by atoms with Crippen LogP contribution in [0.1, 0.15) is 37.6 Å². The van der Waals surface area contributed by atoms with Crippen LogP contribution in [0, 0.1) is 11.7 Å². The van der Waals surface area contributed by atoms with E-state index in [0.717, 1.165) is 12.1 Å². The Balaban J connectivity index is 2.69. The van der Waals surface area contributed by atoms with Gasteiger partial charge in [0.15, 0.2) is 0 Å². The standard InChI is InChI=1S/C17H22FN3O5/c1-9(2)6-14(17(25)26)21-15(23)8-19-16(24)12-7-11(20-10(3)22)4-5-13(12)18/h4-5,7,9,14H,6,8H2,1-3H3,(H,19,24)(H,20,22)(H,21,23)(H,25,26)/t14-/m0/s1. The number of carboxylic acids is 1. The van der Waals surface area contributed by atoms with Crippen molar-refractivity contribution in [1.29, 1.82) is 0 Å². The molecule has 26 heavy (non-hydrogen) atoms. The first kappa shape index (κ1) is 21.1. The van der Waals surface area contributed by atoms with Crippen molar-refractivity contribution in [2.24, 2.45) is 5.92 Å². The summed E-state index contributed by atoms with van der Waals surface area (Å²) in [6.07, 6.45) is 0.239. The second-order valence-corrected chi connectivity index (χ2v) is 6.15. The lowest BCUT2D eigenvalue weighted by Gasteiger charge is -2.16. The van der Waals surface area contributed by atoms with Crippen molar-refractivity contribution < 1.29 is 28.7 Å². The summed E-state index contributed by atoms with van der Waals surface area (Å²) in [4.78, 5) is 46.0. The zero-order valence-corrected chi connectivity index (χ0v) is 14.8. The Hall–Kier alpha value is -2.97. The van der Waals surface area contributed by atoms with E-state index in [0.29, 0.717) is 0 Å². The maximum absolute atomic E-state index is 13.8. The van der Waals surface area contributed by atoms with E-state index in [9.17, 15) is 23.6 Å². The normalized spacial score (nSPS) is 11.6. The van der Waals surface area contributed by atoms with Crippen LogP contribution < -0.4 is 16.0 Å². The van der Waals surface area contributed by atoms with Crippen LogP contribution in [-0.4, -0.2) is 41.4 Å². The summed E-state index contributed by atoms with van der Waals surface area (Å²) in [5, 5.41) is 16.0. The number of nitrogens with one attached hydrogen (secondary N) is 3. The SMILES string of the molecule is CC(=O)Nc1ccc(F)c(C(=O)NCC(=O)N[C@@H](CC(C)C)C(=O)O)c1. The molecule has 142 valence electrons. The Morgan fingerprint density at radius 2 is 1.85 bits per heavy atom. The molecular formula is C17H22FN3O5. The average molecular weight is 367 g/mol. The lowest BCUT2D eigenvalue weighted by atomic mass is 10.0. The zero-order chi connectivity index (χ0) is 19.9. The largest absolute Gasteiger partial charge is 0.480 e. The topological polar surface area (TPSA) is 125 Å². The predicted molar refractivity (Wildman–Crippen MR) is 92.1 cm³/mol. The number of carbonyl (C=O) groups excluding carboxylic acids is 3. The van der Waals surface area contributed by atoms with E-state index in [2.05, 4.69) is 16.0 Å². The number of benzene rings is 1. The molecule has 4 N–H and O–H groups in total. The van der Waals surface area contributed by atoms with E-state index in [1.807, 2.05) is 13.8 Å². The third kappa shape index (κ3) is 6.88. The van der Waals surface area contributed by atoms with E-state index in [1.165, 1.54) is 13.0 Å². The van der Waals surface area contributed by atoms with Crippen LogP contribution in [0.3, 0.4) is 0 Å². The van der Waals surface area contributed by atoms with Crippen LogP contribution in [0.15, 0.2) is 18.2 Å². The van der Waals surface area contributed by atoms with Gasteiger partial charge in [0.2, 0.25) is 11.8 Å². The highest BCUT2D eigenvalue weighted by molar-refractivity contribution is 5.98. The second kappa shape index (κ2) is 9.50. The van der Waals surface area contributed by atoms with Gasteiger partial charge in [-0.25, -0.2) is 9.18 Å². The van der Waals surface area contributed by atoms with Crippen molar-refractivity contribution >= 4 is 29.4 Å². The maximum Gasteiger partial charge on any atom is 0.326 e. The van der Waals surface area contributed by atoms with E-state index in [4.69, 9.17) is 5.11 Å². The molecule has 1 aromatic rings. The number of halogens is 1. The number of aliphatic carboxylic acids is 1. The number of rotatable bonds is 8. The third-order valence-electron chi connectivity index (χ3n) is 3.28. The van der Waals surface area contributed by atoms with Crippen molar-refractivity contribution in [2.75, 3.05) is 11.9 Å². The second-order valence-electron chi connectivity index (χ2n) is 6.15. The molecule has 0 heterocycles. The fourth-order valence-corrected chi connectivity index (χ4v) is 2.17. The summed E-state index contributed by atoms with van der Waals surface area (Å²) in [6.45, 7) is 4.39. The first-order chi connectivity index (χ1) is 12.1. The Morgan fingerprint density at radius 1 is 1.19 bits per heavy atom. The third-order valence-corrected chi connectivity index (χ3v) is 3.28. The Morgan fingerprint density at radius 3 is 2.38 bits per heavy atom. The summed E-state index contributed by atoms with van der Waals surface area (Å²) in [5.41, 5.74) is -0.114. The smallest absolute Gasteiger partial charge is 0.326 e. The molecule has 0 unspecified atom stereocenters. The molecule has 3 amide bonds. The molecule has 0 fully saturated rings. The Bertz CT molecular complexity index is 706. The van der Waals surface area contributed by atoms with Gasteiger partial charge < -0.3 is 21.1 Å². The van der Waals surface area contributed by atoms with Crippen LogP contribution in [0.4, 0.5) is 10.1 Å². The van der Waals surface area contributed by atoms with Gasteiger partial charge >= 0.3 is 5.97 Å². The summed E-state index contributed by atoms with van der Waals surface area (Å²) in [5.74, 6) is -3.89. The summed E-state index contributed by atoms with van der Waals surface area (Å²) >= 11 is 0. The predicted octanol–water partition coefficient (Wildman–Crippen LogP) is 1.13. The van der Waals surface area contributed by atoms with Crippen LogP contribution in [0.2, 0.25) is 0 Å². The van der Waals surface area contributed by atoms with E-state index < -0.39 is 36.2 Å². The van der Waals surface area contributed by atoms with Crippen molar-refractivity contribution in [3.05, 3.63) is 29.6 Å². The molecule has 8 nitrogen and oxygen atoms in total. The number of anilines is 1. The summed E-state index contributed by atoms with van der Waals surface area (Å²) in [7, 11) is 0. The van der Waals surface area contributed by atoms with Crippen LogP contribution in [0.5, 0.6) is 0 Å². The molecule has 1 rings (SSSR count). The molecule has 0 aliphatic rings. The van der Waals surface area contributed by atoms with Gasteiger partial charge in [-0.1, -0.05) is 13.8 Å². The lowest BCUT2D eigenvalue weighted by Crippen LogP contribution is -2.46. The lowest BCUT2D eigenvalue weighted by molar-refractivity contribution is -0.142. The van der Waals surface area contributed by atoms with E-state index in [1.54, 1.807) is 0 Å². The summed E-state index contributed by atoms with van der Waals surface area (Å²) < 4.78 is 13.8. The quantitative estimate of drug-likeness (QED) is 0.548. The average Bonchev–Trinajstić information content (AvgIpc) is 2.52. The van der Waals surface area contributed by atoms with Gasteiger partial charge in [0.25, 0.3) is 5.91 Å². The van der Waals surface area contributed by atoms with Crippen LogP contribution >= 0.6 is 0 Å². The van der Waals surface area contributed by atoms with Gasteiger partial charge in [-0.2, -0.15) is 0 Å². The van der Waals surface area contributed by atoms with Gasteiger partial charge in [-0.05, 0) is 30.5 Å². The fraction of sp³-hybridized carbons (Fsp3) is 0.412. The first-order valence-corrected chi connectivity index (χ1v) is 7.97. The molecule has 0 saturated heterocycles. The van der Waals surface area contributed by atoms with Gasteiger partial charge in [-0.15, -0.1) is 0 Å².